The van der Waals surface area contributed by atoms with Crippen LogP contribution in [-0.2, 0) is 6.54 Å². The van der Waals surface area contributed by atoms with Crippen LogP contribution in [0.2, 0.25) is 5.02 Å². The lowest BCUT2D eigenvalue weighted by Gasteiger charge is -2.15. The van der Waals surface area contributed by atoms with Crippen molar-refractivity contribution in [2.75, 3.05) is 7.05 Å². The number of hydrogen-bond donors (Lipinski definition) is 1. The molecule has 0 aliphatic carbocycles. The molecule has 7 nitrogen and oxygen atoms in total. The number of thiophene rings is 1. The van der Waals surface area contributed by atoms with Crippen molar-refractivity contribution in [3.8, 4) is 5.69 Å². The normalized spacial score (nSPS) is 11.0. The van der Waals surface area contributed by atoms with E-state index in [0.717, 1.165) is 5.69 Å². The number of H-pyrrole nitrogens is 1. The van der Waals surface area contributed by atoms with Crippen LogP contribution in [0.4, 0.5) is 0 Å². The molecule has 9 heteroatoms. The van der Waals surface area contributed by atoms with Crippen molar-refractivity contribution in [3.05, 3.63) is 74.9 Å². The summed E-state index contributed by atoms with van der Waals surface area (Å²) in [6, 6.07) is 8.94. The molecule has 0 aliphatic rings. The van der Waals surface area contributed by atoms with Crippen LogP contribution >= 0.6 is 22.9 Å². The van der Waals surface area contributed by atoms with E-state index in [1.807, 2.05) is 17.5 Å². The van der Waals surface area contributed by atoms with Crippen molar-refractivity contribution < 1.29 is 4.79 Å². The molecule has 136 valence electrons. The lowest BCUT2D eigenvalue weighted by Crippen LogP contribution is -2.28. The van der Waals surface area contributed by atoms with Gasteiger partial charge in [0.1, 0.15) is 10.5 Å². The average molecular weight is 400 g/mol. The molecular weight excluding hydrogens is 386 g/mol. The number of fused-ring (bicyclic) bond motifs is 1. The van der Waals surface area contributed by atoms with Crippen LogP contribution in [0.5, 0.6) is 0 Å². The number of carbonyl (C=O) groups is 1. The molecule has 0 fully saturated rings. The van der Waals surface area contributed by atoms with Gasteiger partial charge in [-0.05, 0) is 35.7 Å². The van der Waals surface area contributed by atoms with Gasteiger partial charge in [0, 0.05) is 18.3 Å². The van der Waals surface area contributed by atoms with Crippen LogP contribution in [0, 0.1) is 0 Å². The number of aromatic amines is 1. The first-order chi connectivity index (χ1) is 13.0. The Hall–Kier alpha value is -2.97. The SMILES string of the molecule is CN(Cc1nc2ccsc2c(=O)[nH]1)C(=O)c1cnn(-c2ccc(Cl)cc2)c1. The van der Waals surface area contributed by atoms with Crippen molar-refractivity contribution in [1.29, 1.82) is 0 Å². The van der Waals surface area contributed by atoms with E-state index in [0.29, 0.717) is 26.6 Å². The Labute approximate surface area is 162 Å². The third kappa shape index (κ3) is 3.49. The lowest BCUT2D eigenvalue weighted by molar-refractivity contribution is 0.0781. The molecule has 0 radical (unpaired) electrons. The molecule has 4 aromatic rings. The van der Waals surface area contributed by atoms with Gasteiger partial charge < -0.3 is 9.88 Å². The molecule has 4 rings (SSSR count). The maximum Gasteiger partial charge on any atom is 0.268 e. The number of halogens is 1. The molecular formula is C18H14ClN5O2S. The molecule has 0 saturated heterocycles. The zero-order chi connectivity index (χ0) is 19.0. The van der Waals surface area contributed by atoms with Crippen LogP contribution in [-0.4, -0.2) is 37.6 Å². The minimum absolute atomic E-state index is 0.186. The summed E-state index contributed by atoms with van der Waals surface area (Å²) in [4.78, 5) is 33.3. The maximum absolute atomic E-state index is 12.7. The van der Waals surface area contributed by atoms with E-state index in [1.54, 1.807) is 36.1 Å². The van der Waals surface area contributed by atoms with Gasteiger partial charge in [0.05, 0.1) is 29.5 Å². The van der Waals surface area contributed by atoms with Gasteiger partial charge in [0.15, 0.2) is 0 Å². The highest BCUT2D eigenvalue weighted by molar-refractivity contribution is 7.17. The summed E-state index contributed by atoms with van der Waals surface area (Å²) in [5.74, 6) is 0.218. The standard InChI is InChI=1S/C18H14ClN5O2S/c1-23(10-15-21-14-6-7-27-16(14)17(25)22-15)18(26)11-8-20-24(9-11)13-4-2-12(19)3-5-13/h2-9H,10H2,1H3,(H,21,22,25). The molecule has 0 bridgehead atoms. The Balaban J connectivity index is 1.53. The molecule has 0 spiro atoms. The molecule has 3 aromatic heterocycles. The van der Waals surface area contributed by atoms with Crippen LogP contribution in [0.3, 0.4) is 0 Å². The van der Waals surface area contributed by atoms with Crippen LogP contribution in [0.1, 0.15) is 16.2 Å². The monoisotopic (exact) mass is 399 g/mol. The average Bonchev–Trinajstić information content (AvgIpc) is 3.31. The van der Waals surface area contributed by atoms with Crippen molar-refractivity contribution in [1.82, 2.24) is 24.6 Å². The van der Waals surface area contributed by atoms with Gasteiger partial charge >= 0.3 is 0 Å². The Bertz CT molecular complexity index is 1180. The second kappa shape index (κ2) is 6.98. The highest BCUT2D eigenvalue weighted by atomic mass is 35.5. The number of benzene rings is 1. The second-order valence-electron chi connectivity index (χ2n) is 5.96. The fraction of sp³-hybridized carbons (Fsp3) is 0.111. The third-order valence-electron chi connectivity index (χ3n) is 4.02. The van der Waals surface area contributed by atoms with Gasteiger partial charge in [-0.1, -0.05) is 11.6 Å². The van der Waals surface area contributed by atoms with Gasteiger partial charge in [-0.15, -0.1) is 11.3 Å². The summed E-state index contributed by atoms with van der Waals surface area (Å²) in [5, 5.41) is 6.68. The molecule has 0 saturated carbocycles. The van der Waals surface area contributed by atoms with Gasteiger partial charge in [-0.3, -0.25) is 9.59 Å². The zero-order valence-corrected chi connectivity index (χ0v) is 15.8. The topological polar surface area (TPSA) is 83.9 Å². The summed E-state index contributed by atoms with van der Waals surface area (Å²) in [6.07, 6.45) is 3.16. The van der Waals surface area contributed by atoms with Gasteiger partial charge in [-0.2, -0.15) is 5.10 Å². The zero-order valence-electron chi connectivity index (χ0n) is 14.2. The molecule has 3 heterocycles. The smallest absolute Gasteiger partial charge is 0.268 e. The molecule has 1 aromatic carbocycles. The minimum atomic E-state index is -0.219. The number of amides is 1. The van der Waals surface area contributed by atoms with E-state index in [4.69, 9.17) is 11.6 Å². The number of carbonyl (C=O) groups excluding carboxylic acids is 1. The van der Waals surface area contributed by atoms with Gasteiger partial charge in [0.2, 0.25) is 0 Å². The highest BCUT2D eigenvalue weighted by Crippen LogP contribution is 2.16. The number of aromatic nitrogens is 4. The first-order valence-corrected chi connectivity index (χ1v) is 9.29. The third-order valence-corrected chi connectivity index (χ3v) is 5.17. The van der Waals surface area contributed by atoms with E-state index in [2.05, 4.69) is 15.1 Å². The summed E-state index contributed by atoms with van der Waals surface area (Å²) < 4.78 is 2.19. The largest absolute Gasteiger partial charge is 0.334 e. The van der Waals surface area contributed by atoms with Crippen LogP contribution in [0.25, 0.3) is 15.9 Å². The molecule has 27 heavy (non-hydrogen) atoms. The fourth-order valence-corrected chi connectivity index (χ4v) is 3.53. The Morgan fingerprint density at radius 3 is 2.85 bits per heavy atom. The van der Waals surface area contributed by atoms with E-state index < -0.39 is 0 Å². The second-order valence-corrected chi connectivity index (χ2v) is 7.31. The number of rotatable bonds is 4. The molecule has 0 unspecified atom stereocenters. The Morgan fingerprint density at radius 2 is 2.07 bits per heavy atom. The summed E-state index contributed by atoms with van der Waals surface area (Å²) in [5.41, 5.74) is 1.68. The van der Waals surface area contributed by atoms with E-state index >= 15 is 0 Å². The summed E-state index contributed by atoms with van der Waals surface area (Å²) in [7, 11) is 1.65. The fourth-order valence-electron chi connectivity index (χ4n) is 2.68. The van der Waals surface area contributed by atoms with E-state index in [-0.39, 0.29) is 18.0 Å². The van der Waals surface area contributed by atoms with Crippen LogP contribution < -0.4 is 5.56 Å². The Morgan fingerprint density at radius 1 is 1.30 bits per heavy atom. The van der Waals surface area contributed by atoms with Crippen molar-refractivity contribution in [2.24, 2.45) is 0 Å². The molecule has 1 N–H and O–H groups in total. The van der Waals surface area contributed by atoms with Crippen LogP contribution in [0.15, 0.2) is 52.9 Å². The molecule has 0 aliphatic heterocycles. The minimum Gasteiger partial charge on any atom is -0.334 e. The summed E-state index contributed by atoms with van der Waals surface area (Å²) in [6.45, 7) is 0.186. The van der Waals surface area contributed by atoms with E-state index in [9.17, 15) is 9.59 Å². The quantitative estimate of drug-likeness (QED) is 0.571. The summed E-state index contributed by atoms with van der Waals surface area (Å²) >= 11 is 7.23. The number of nitrogens with one attached hydrogen (secondary N) is 1. The maximum atomic E-state index is 12.7. The Kier molecular flexibility index (Phi) is 4.51. The number of hydrogen-bond acceptors (Lipinski definition) is 5. The first-order valence-electron chi connectivity index (χ1n) is 8.04. The first kappa shape index (κ1) is 17.4. The highest BCUT2D eigenvalue weighted by Gasteiger charge is 2.16. The van der Waals surface area contributed by atoms with E-state index in [1.165, 1.54) is 22.4 Å². The van der Waals surface area contributed by atoms with Crippen molar-refractivity contribution in [3.63, 3.8) is 0 Å². The van der Waals surface area contributed by atoms with Gasteiger partial charge in [0.25, 0.3) is 11.5 Å². The van der Waals surface area contributed by atoms with Gasteiger partial charge in [-0.25, -0.2) is 9.67 Å². The van der Waals surface area contributed by atoms with Crippen molar-refractivity contribution >= 4 is 39.1 Å². The predicted molar refractivity (Wildman–Crippen MR) is 105 cm³/mol. The lowest BCUT2D eigenvalue weighted by atomic mass is 10.3. The molecule has 1 amide bonds. The molecule has 0 atom stereocenters. The predicted octanol–water partition coefficient (Wildman–Crippen LogP) is 3.10. The number of nitrogens with zero attached hydrogens (tertiary/aromatic N) is 4. The van der Waals surface area contributed by atoms with Crippen molar-refractivity contribution in [2.45, 2.75) is 6.54 Å².